The number of hydrogen-bond acceptors (Lipinski definition) is 12. The van der Waals surface area contributed by atoms with Crippen LogP contribution in [0.4, 0.5) is 4.79 Å². The van der Waals surface area contributed by atoms with E-state index < -0.39 is 34.8 Å². The number of rotatable bonds is 15. The molecule has 1 aliphatic heterocycles. The van der Waals surface area contributed by atoms with Crippen molar-refractivity contribution in [1.29, 1.82) is 0 Å². The molecule has 2 unspecified atom stereocenters. The van der Waals surface area contributed by atoms with Crippen molar-refractivity contribution >= 4 is 115 Å². The number of halogens is 5. The van der Waals surface area contributed by atoms with Gasteiger partial charge in [0.1, 0.15) is 29.5 Å². The van der Waals surface area contributed by atoms with Gasteiger partial charge in [-0.2, -0.15) is 4.85 Å². The second-order valence-electron chi connectivity index (χ2n) is 17.5. The standard InChI is InChI=1S/C13H15BrO3.C12H13BrO3.C10H13BrO2.C10H11BrO.C9H9BrO.C4H5NO2/c1-4-17-12(16)13(3,9(2)15)10-5-7-11(14)8-6-10;1-3-16-12(15)11(8(2)14)9-4-6-10(13)7-5-9;1-10(6-12,7-13)8-2-4-9(11)5-3-8;1-10(6-12-7-10)8-2-4-9(11)5-3-8;1-7(11)6-8-2-4-9(10)5-3-8;1-3-7-4(6)5-2/h5-8H,4H2,1-3H3;4-7,11H,3H2,1-2H3;2-5,12-13H,6-7H2,1H3;2-5H,6-7H2,1H3;2-5H,6H2,1H3;3H2,1H3. The second-order valence-corrected chi connectivity index (χ2v) is 22.1. The highest BCUT2D eigenvalue weighted by Gasteiger charge is 2.41. The Balaban J connectivity index is 0.000000464. The maximum Gasteiger partial charge on any atom is 0.561 e. The maximum atomic E-state index is 11.9. The molecule has 1 amide bonds. The predicted octanol–water partition coefficient (Wildman–Crippen LogP) is 13.6. The van der Waals surface area contributed by atoms with Crippen molar-refractivity contribution in [3.63, 3.8) is 0 Å². The van der Waals surface area contributed by atoms with Gasteiger partial charge in [0.05, 0.1) is 46.2 Å². The van der Waals surface area contributed by atoms with Crippen LogP contribution in [0, 0.1) is 6.57 Å². The van der Waals surface area contributed by atoms with Crippen molar-refractivity contribution in [2.45, 2.75) is 90.9 Å². The van der Waals surface area contributed by atoms with E-state index in [1.165, 1.54) is 19.4 Å². The fourth-order valence-corrected chi connectivity index (χ4v) is 7.82. The van der Waals surface area contributed by atoms with E-state index in [1.807, 2.05) is 55.5 Å². The molecule has 13 nitrogen and oxygen atoms in total. The summed E-state index contributed by atoms with van der Waals surface area (Å²) in [5.74, 6) is -2.04. The minimum Gasteiger partial charge on any atom is -0.486 e. The number of carbonyl (C=O) groups excluding carboxylic acids is 6. The van der Waals surface area contributed by atoms with Crippen LogP contribution in [0.5, 0.6) is 0 Å². The summed E-state index contributed by atoms with van der Waals surface area (Å²) >= 11 is 16.7. The van der Waals surface area contributed by atoms with Gasteiger partial charge >= 0.3 is 18.0 Å². The summed E-state index contributed by atoms with van der Waals surface area (Å²) in [7, 11) is 0. The first kappa shape index (κ1) is 69.3. The van der Waals surface area contributed by atoms with Gasteiger partial charge in [0, 0.05) is 39.6 Å². The minimum absolute atomic E-state index is 0.0505. The summed E-state index contributed by atoms with van der Waals surface area (Å²) in [5, 5.41) is 18.3. The first-order chi connectivity index (χ1) is 35.8. The quantitative estimate of drug-likeness (QED) is 0.0438. The third-order valence-electron chi connectivity index (χ3n) is 11.3. The molecule has 76 heavy (non-hydrogen) atoms. The number of benzene rings is 5. The highest BCUT2D eigenvalue weighted by Crippen LogP contribution is 2.32. The number of ketones is 3. The zero-order valence-electron chi connectivity index (χ0n) is 44.1. The van der Waals surface area contributed by atoms with E-state index in [4.69, 9.17) is 31.0 Å². The molecule has 1 aliphatic rings. The SMILES string of the molecule is CC(=O)Cc1ccc(Br)cc1.CC(CO)(CO)c1ccc(Br)cc1.CC1(c2ccc(Br)cc2)COC1.CCOC(=O)C(C(C)=O)c1ccc(Br)cc1.CCOC(=O)C(C)(C(C)=O)c1ccc(Br)cc1.[C-]#[N+]C(=O)OCC. The summed E-state index contributed by atoms with van der Waals surface area (Å²) in [5.41, 5.74) is 3.19. The summed E-state index contributed by atoms with van der Waals surface area (Å²) < 4.78 is 24.2. The molecule has 410 valence electrons. The molecule has 1 saturated heterocycles. The summed E-state index contributed by atoms with van der Waals surface area (Å²) in [6.07, 6.45) is -0.296. The largest absolute Gasteiger partial charge is 0.561 e. The number of hydrogen-bond donors (Lipinski definition) is 2. The fraction of sp³-hybridized carbons (Fsp3) is 0.362. The topological polar surface area (TPSA) is 184 Å². The molecule has 0 aliphatic carbocycles. The number of nitrogens with zero attached hydrogens (tertiary/aromatic N) is 1. The highest BCUT2D eigenvalue weighted by atomic mass is 79.9. The smallest absolute Gasteiger partial charge is 0.486 e. The van der Waals surface area contributed by atoms with Crippen molar-refractivity contribution in [3.8, 4) is 0 Å². The highest BCUT2D eigenvalue weighted by molar-refractivity contribution is 9.11. The van der Waals surface area contributed by atoms with Crippen LogP contribution >= 0.6 is 79.6 Å². The van der Waals surface area contributed by atoms with Gasteiger partial charge in [0.15, 0.2) is 5.78 Å². The molecule has 0 aromatic heterocycles. The average molecular weight is 1370 g/mol. The van der Waals surface area contributed by atoms with Crippen LogP contribution in [0.2, 0.25) is 0 Å². The van der Waals surface area contributed by atoms with Crippen LogP contribution in [-0.2, 0) is 65.6 Å². The normalized spacial score (nSPS) is 12.8. The Morgan fingerprint density at radius 1 is 0.618 bits per heavy atom. The van der Waals surface area contributed by atoms with Gasteiger partial charge in [-0.25, -0.2) is 0 Å². The first-order valence-electron chi connectivity index (χ1n) is 23.8. The van der Waals surface area contributed by atoms with E-state index in [-0.39, 0.29) is 55.8 Å². The summed E-state index contributed by atoms with van der Waals surface area (Å²) in [6, 6.07) is 38.1. The van der Waals surface area contributed by atoms with E-state index in [0.29, 0.717) is 17.5 Å². The van der Waals surface area contributed by atoms with Gasteiger partial charge in [0.2, 0.25) is 0 Å². The monoisotopic (exact) mass is 1360 g/mol. The van der Waals surface area contributed by atoms with Crippen LogP contribution < -0.4 is 0 Å². The Morgan fingerprint density at radius 2 is 1.01 bits per heavy atom. The molecule has 2 N–H and O–H groups in total. The number of esters is 2. The Morgan fingerprint density at radius 3 is 1.34 bits per heavy atom. The third kappa shape index (κ3) is 23.9. The molecule has 2 atom stereocenters. The Hall–Kier alpha value is -4.71. The zero-order chi connectivity index (χ0) is 57.6. The Labute approximate surface area is 489 Å². The molecular weight excluding hydrogens is 1300 g/mol. The van der Waals surface area contributed by atoms with Gasteiger partial charge in [-0.1, -0.05) is 154 Å². The van der Waals surface area contributed by atoms with Gasteiger partial charge in [-0.3, -0.25) is 28.8 Å². The molecule has 0 radical (unpaired) electrons. The Kier molecular flexibility index (Phi) is 32.5. The minimum atomic E-state index is -1.23. The second kappa shape index (κ2) is 35.7. The van der Waals surface area contributed by atoms with Crippen LogP contribution in [0.15, 0.2) is 144 Å². The van der Waals surface area contributed by atoms with Crippen LogP contribution in [-0.4, -0.2) is 91.8 Å². The van der Waals surface area contributed by atoms with E-state index in [9.17, 15) is 28.8 Å². The number of aliphatic hydroxyl groups is 2. The van der Waals surface area contributed by atoms with Gasteiger partial charge in [-0.05, 0) is 137 Å². The summed E-state index contributed by atoms with van der Waals surface area (Å²) in [4.78, 5) is 69.7. The molecule has 6 rings (SSSR count). The van der Waals surface area contributed by atoms with E-state index in [0.717, 1.165) is 46.7 Å². The molecular formula is C58H66Br5NO12. The molecule has 1 fully saturated rings. The first-order valence-corrected chi connectivity index (χ1v) is 27.7. The van der Waals surface area contributed by atoms with Crippen molar-refractivity contribution in [2.24, 2.45) is 0 Å². The molecule has 1 heterocycles. The molecule has 0 bridgehead atoms. The van der Waals surface area contributed by atoms with Crippen molar-refractivity contribution in [3.05, 3.63) is 183 Å². The fourth-order valence-electron chi connectivity index (χ4n) is 6.50. The molecule has 5 aromatic carbocycles. The van der Waals surface area contributed by atoms with Gasteiger partial charge in [-0.15, -0.1) is 0 Å². The lowest BCUT2D eigenvalue weighted by molar-refractivity contribution is -0.153. The molecule has 5 aromatic rings. The van der Waals surface area contributed by atoms with Crippen molar-refractivity contribution < 1.29 is 57.9 Å². The van der Waals surface area contributed by atoms with Crippen molar-refractivity contribution in [1.82, 2.24) is 0 Å². The number of Topliss-reactive ketones (excluding diaryl/α,β-unsaturated/α-hetero) is 3. The number of amides is 1. The predicted molar refractivity (Wildman–Crippen MR) is 313 cm³/mol. The van der Waals surface area contributed by atoms with Crippen molar-refractivity contribution in [2.75, 3.05) is 46.2 Å². The zero-order valence-corrected chi connectivity index (χ0v) is 52.0. The average Bonchev–Trinajstić information content (AvgIpc) is 3.38. The maximum absolute atomic E-state index is 11.9. The number of carbonyl (C=O) groups is 6. The summed E-state index contributed by atoms with van der Waals surface area (Å²) in [6.45, 7) is 23.6. The van der Waals surface area contributed by atoms with Gasteiger partial charge in [0.25, 0.3) is 0 Å². The van der Waals surface area contributed by atoms with Crippen LogP contribution in [0.3, 0.4) is 0 Å². The number of ether oxygens (including phenoxy) is 4. The Bertz CT molecular complexity index is 2630. The van der Waals surface area contributed by atoms with Gasteiger partial charge < -0.3 is 29.2 Å². The van der Waals surface area contributed by atoms with Crippen LogP contribution in [0.25, 0.3) is 4.85 Å². The lowest BCUT2D eigenvalue weighted by Gasteiger charge is -2.38. The van der Waals surface area contributed by atoms with E-state index in [1.54, 1.807) is 83.1 Å². The number of aliphatic hydroxyl groups excluding tert-OH is 2. The van der Waals surface area contributed by atoms with E-state index >= 15 is 0 Å². The molecule has 0 spiro atoms. The van der Waals surface area contributed by atoms with E-state index in [2.05, 4.69) is 120 Å². The lowest BCUT2D eigenvalue weighted by atomic mass is 9.79. The molecule has 0 saturated carbocycles. The lowest BCUT2D eigenvalue weighted by Crippen LogP contribution is -2.43. The third-order valence-corrected chi connectivity index (χ3v) is 13.9. The molecule has 18 heteroatoms. The van der Waals surface area contributed by atoms with Crippen LogP contribution in [0.1, 0.15) is 96.0 Å².